The van der Waals surface area contributed by atoms with Crippen molar-refractivity contribution < 1.29 is 9.47 Å². The van der Waals surface area contributed by atoms with Crippen molar-refractivity contribution in [2.45, 2.75) is 33.8 Å². The molecular formula is C13H19O2. The van der Waals surface area contributed by atoms with Gasteiger partial charge in [0.05, 0.1) is 13.2 Å². The molecule has 0 aromatic heterocycles. The van der Waals surface area contributed by atoms with Crippen LogP contribution in [0.5, 0.6) is 11.5 Å². The van der Waals surface area contributed by atoms with Gasteiger partial charge in [0.15, 0.2) is 11.5 Å². The van der Waals surface area contributed by atoms with Crippen LogP contribution in [0.2, 0.25) is 0 Å². The standard InChI is InChI=1S/C13H19O2/c1-9(2)11-6-7-12(15-10(3)4)13(8-11)14-5/h6-8,10H,1-5H3. The SMILES string of the molecule is COc1cc([C](C)C)ccc1OC(C)C. The Labute approximate surface area is 92.2 Å². The summed E-state index contributed by atoms with van der Waals surface area (Å²) in [7, 11) is 1.66. The molecule has 2 heteroatoms. The van der Waals surface area contributed by atoms with E-state index in [0.29, 0.717) is 0 Å². The average molecular weight is 207 g/mol. The van der Waals surface area contributed by atoms with Gasteiger partial charge >= 0.3 is 0 Å². The van der Waals surface area contributed by atoms with Gasteiger partial charge in [-0.1, -0.05) is 19.9 Å². The van der Waals surface area contributed by atoms with E-state index in [9.17, 15) is 0 Å². The minimum Gasteiger partial charge on any atom is -0.493 e. The smallest absolute Gasteiger partial charge is 0.161 e. The largest absolute Gasteiger partial charge is 0.493 e. The van der Waals surface area contributed by atoms with Crippen molar-refractivity contribution in [3.63, 3.8) is 0 Å². The molecule has 1 radical (unpaired) electrons. The van der Waals surface area contributed by atoms with Gasteiger partial charge < -0.3 is 9.47 Å². The number of hydrogen-bond donors (Lipinski definition) is 0. The first kappa shape index (κ1) is 11.9. The van der Waals surface area contributed by atoms with Gasteiger partial charge in [-0.25, -0.2) is 0 Å². The maximum atomic E-state index is 5.64. The van der Waals surface area contributed by atoms with Crippen molar-refractivity contribution in [1.29, 1.82) is 0 Å². The molecule has 0 amide bonds. The Bertz CT molecular complexity index is 316. The second-order valence-corrected chi connectivity index (χ2v) is 4.03. The second-order valence-electron chi connectivity index (χ2n) is 4.03. The maximum Gasteiger partial charge on any atom is 0.161 e. The molecule has 83 valence electrons. The van der Waals surface area contributed by atoms with Crippen molar-refractivity contribution in [2.24, 2.45) is 0 Å². The Morgan fingerprint density at radius 3 is 2.27 bits per heavy atom. The highest BCUT2D eigenvalue weighted by molar-refractivity contribution is 5.46. The highest BCUT2D eigenvalue weighted by atomic mass is 16.5. The molecule has 0 saturated heterocycles. The lowest BCUT2D eigenvalue weighted by molar-refractivity contribution is 0.230. The molecule has 0 fully saturated rings. The van der Waals surface area contributed by atoms with Crippen LogP contribution in [0, 0.1) is 5.92 Å². The lowest BCUT2D eigenvalue weighted by Gasteiger charge is -2.15. The zero-order valence-corrected chi connectivity index (χ0v) is 10.1. The van der Waals surface area contributed by atoms with E-state index >= 15 is 0 Å². The first-order valence-corrected chi connectivity index (χ1v) is 5.19. The first-order valence-electron chi connectivity index (χ1n) is 5.19. The summed E-state index contributed by atoms with van der Waals surface area (Å²) < 4.78 is 10.9. The summed E-state index contributed by atoms with van der Waals surface area (Å²) in [6.07, 6.45) is 0.163. The fraction of sp³-hybridized carbons (Fsp3) is 0.462. The minimum absolute atomic E-state index is 0.163. The Kier molecular flexibility index (Phi) is 4.01. The van der Waals surface area contributed by atoms with E-state index in [0.717, 1.165) is 11.5 Å². The van der Waals surface area contributed by atoms with E-state index in [2.05, 4.69) is 19.9 Å². The van der Waals surface area contributed by atoms with Crippen LogP contribution < -0.4 is 9.47 Å². The Hall–Kier alpha value is -1.18. The summed E-state index contributed by atoms with van der Waals surface area (Å²) in [5.74, 6) is 2.87. The van der Waals surface area contributed by atoms with E-state index in [-0.39, 0.29) is 6.10 Å². The molecule has 0 N–H and O–H groups in total. The van der Waals surface area contributed by atoms with Crippen LogP contribution >= 0.6 is 0 Å². The van der Waals surface area contributed by atoms with Gasteiger partial charge in [0.2, 0.25) is 0 Å². The van der Waals surface area contributed by atoms with Crippen LogP contribution in [-0.4, -0.2) is 13.2 Å². The Morgan fingerprint density at radius 2 is 1.80 bits per heavy atom. The van der Waals surface area contributed by atoms with Gasteiger partial charge in [0.25, 0.3) is 0 Å². The van der Waals surface area contributed by atoms with Crippen LogP contribution in [0.4, 0.5) is 0 Å². The van der Waals surface area contributed by atoms with Crippen molar-refractivity contribution in [1.82, 2.24) is 0 Å². The number of rotatable bonds is 4. The molecule has 0 heterocycles. The molecule has 0 atom stereocenters. The molecule has 0 unspecified atom stereocenters. The van der Waals surface area contributed by atoms with Gasteiger partial charge in [-0.3, -0.25) is 0 Å². The van der Waals surface area contributed by atoms with E-state index < -0.39 is 0 Å². The lowest BCUT2D eigenvalue weighted by Crippen LogP contribution is -2.07. The van der Waals surface area contributed by atoms with Gasteiger partial charge in [-0.15, -0.1) is 0 Å². The predicted octanol–water partition coefficient (Wildman–Crippen LogP) is 3.44. The van der Waals surface area contributed by atoms with Crippen LogP contribution in [0.3, 0.4) is 0 Å². The van der Waals surface area contributed by atoms with Crippen molar-refractivity contribution in [2.75, 3.05) is 7.11 Å². The first-order chi connectivity index (χ1) is 7.04. The molecule has 0 aliphatic heterocycles. The fourth-order valence-corrected chi connectivity index (χ4v) is 1.33. The summed E-state index contributed by atoms with van der Waals surface area (Å²) in [4.78, 5) is 0. The van der Waals surface area contributed by atoms with Crippen LogP contribution in [-0.2, 0) is 0 Å². The third-order valence-electron chi connectivity index (χ3n) is 2.10. The minimum atomic E-state index is 0.163. The zero-order chi connectivity index (χ0) is 11.4. The topological polar surface area (TPSA) is 18.5 Å². The van der Waals surface area contributed by atoms with Crippen molar-refractivity contribution >= 4 is 0 Å². The lowest BCUT2D eigenvalue weighted by atomic mass is 10.0. The molecule has 1 rings (SSSR count). The molecule has 2 nitrogen and oxygen atoms in total. The number of hydrogen-bond acceptors (Lipinski definition) is 2. The summed E-state index contributed by atoms with van der Waals surface area (Å²) in [6.45, 7) is 8.17. The summed E-state index contributed by atoms with van der Waals surface area (Å²) in [6, 6.07) is 6.02. The number of methoxy groups -OCH3 is 1. The molecule has 0 bridgehead atoms. The third-order valence-corrected chi connectivity index (χ3v) is 2.10. The quantitative estimate of drug-likeness (QED) is 0.753. The number of benzene rings is 1. The van der Waals surface area contributed by atoms with Crippen LogP contribution in [0.1, 0.15) is 33.3 Å². The van der Waals surface area contributed by atoms with Gasteiger partial charge in [-0.2, -0.15) is 0 Å². The van der Waals surface area contributed by atoms with E-state index in [1.165, 1.54) is 11.5 Å². The molecule has 0 aliphatic carbocycles. The van der Waals surface area contributed by atoms with Gasteiger partial charge in [-0.05, 0) is 37.5 Å². The van der Waals surface area contributed by atoms with Gasteiger partial charge in [0.1, 0.15) is 0 Å². The summed E-state index contributed by atoms with van der Waals surface area (Å²) >= 11 is 0. The van der Waals surface area contributed by atoms with Crippen molar-refractivity contribution in [3.8, 4) is 11.5 Å². The highest BCUT2D eigenvalue weighted by Crippen LogP contribution is 2.31. The van der Waals surface area contributed by atoms with Gasteiger partial charge in [0, 0.05) is 0 Å². The van der Waals surface area contributed by atoms with E-state index in [4.69, 9.17) is 9.47 Å². The summed E-state index contributed by atoms with van der Waals surface area (Å²) in [5.41, 5.74) is 1.18. The molecular weight excluding hydrogens is 188 g/mol. The van der Waals surface area contributed by atoms with Crippen molar-refractivity contribution in [3.05, 3.63) is 29.7 Å². The molecule has 1 aromatic carbocycles. The maximum absolute atomic E-state index is 5.64. The monoisotopic (exact) mass is 207 g/mol. The van der Waals surface area contributed by atoms with E-state index in [1.807, 2.05) is 26.0 Å². The fourth-order valence-electron chi connectivity index (χ4n) is 1.33. The highest BCUT2D eigenvalue weighted by Gasteiger charge is 2.09. The summed E-state index contributed by atoms with van der Waals surface area (Å²) in [5, 5.41) is 0. The Balaban J connectivity index is 2.98. The Morgan fingerprint density at radius 1 is 1.13 bits per heavy atom. The molecule has 0 saturated carbocycles. The van der Waals surface area contributed by atoms with E-state index in [1.54, 1.807) is 7.11 Å². The normalized spacial score (nSPS) is 10.9. The molecule has 15 heavy (non-hydrogen) atoms. The third kappa shape index (κ3) is 3.15. The van der Waals surface area contributed by atoms with Crippen LogP contribution in [0.15, 0.2) is 18.2 Å². The number of ether oxygens (including phenoxy) is 2. The molecule has 0 aliphatic rings. The predicted molar refractivity (Wildman–Crippen MR) is 62.5 cm³/mol. The molecule has 1 aromatic rings. The zero-order valence-electron chi connectivity index (χ0n) is 10.1. The molecule has 0 spiro atoms. The van der Waals surface area contributed by atoms with Crippen LogP contribution in [0.25, 0.3) is 0 Å². The average Bonchev–Trinajstić information content (AvgIpc) is 2.17. The second kappa shape index (κ2) is 5.06.